The summed E-state index contributed by atoms with van der Waals surface area (Å²) in [5, 5.41) is 18.6. The SMILES string of the molecule is N#CC[C@H]1CN(c2nc(Cl)nc3c(F)c(Br)ccc23)CCN1C(=O)O. The number of fused-ring (bicyclic) bond motifs is 1. The quantitative estimate of drug-likeness (QED) is 0.738. The van der Waals surface area contributed by atoms with Gasteiger partial charge in [-0.1, -0.05) is 0 Å². The highest BCUT2D eigenvalue weighted by Crippen LogP contribution is 2.32. The first kappa shape index (κ1) is 17.6. The van der Waals surface area contributed by atoms with Crippen molar-refractivity contribution in [2.45, 2.75) is 12.5 Å². The van der Waals surface area contributed by atoms with Crippen molar-refractivity contribution in [1.29, 1.82) is 5.26 Å². The van der Waals surface area contributed by atoms with E-state index in [1.165, 1.54) is 4.90 Å². The van der Waals surface area contributed by atoms with Crippen LogP contribution in [0.5, 0.6) is 0 Å². The topological polar surface area (TPSA) is 93.4 Å². The minimum atomic E-state index is -1.07. The van der Waals surface area contributed by atoms with Crippen LogP contribution in [0.25, 0.3) is 10.9 Å². The maximum absolute atomic E-state index is 14.3. The molecule has 1 aromatic heterocycles. The lowest BCUT2D eigenvalue weighted by Gasteiger charge is -2.39. The molecule has 1 aliphatic rings. The van der Waals surface area contributed by atoms with E-state index in [0.29, 0.717) is 17.7 Å². The Morgan fingerprint density at radius 3 is 2.92 bits per heavy atom. The fraction of sp³-hybridized carbons (Fsp3) is 0.333. The van der Waals surface area contributed by atoms with Gasteiger partial charge in [0.25, 0.3) is 0 Å². The van der Waals surface area contributed by atoms with Gasteiger partial charge in [-0.25, -0.2) is 14.2 Å². The number of halogens is 3. The molecule has 0 bridgehead atoms. The molecule has 0 spiro atoms. The van der Waals surface area contributed by atoms with Crippen LogP contribution in [0.4, 0.5) is 15.0 Å². The Balaban J connectivity index is 2.03. The number of hydrogen-bond acceptors (Lipinski definition) is 5. The molecular weight excluding hydrogens is 417 g/mol. The van der Waals surface area contributed by atoms with Crippen molar-refractivity contribution in [3.05, 3.63) is 27.7 Å². The van der Waals surface area contributed by atoms with Crippen molar-refractivity contribution in [1.82, 2.24) is 14.9 Å². The Morgan fingerprint density at radius 2 is 2.24 bits per heavy atom. The zero-order valence-electron chi connectivity index (χ0n) is 12.8. The number of anilines is 1. The number of carboxylic acid groups (broad SMARTS) is 1. The molecule has 1 atom stereocenters. The average Bonchev–Trinajstić information content (AvgIpc) is 2.58. The van der Waals surface area contributed by atoms with Gasteiger partial charge in [0.2, 0.25) is 5.28 Å². The number of aromatic nitrogens is 2. The molecule has 0 unspecified atom stereocenters. The molecule has 1 saturated heterocycles. The van der Waals surface area contributed by atoms with Crippen LogP contribution in [0.15, 0.2) is 16.6 Å². The van der Waals surface area contributed by atoms with E-state index >= 15 is 0 Å². The Bertz CT molecular complexity index is 890. The second-order valence-electron chi connectivity index (χ2n) is 5.51. The van der Waals surface area contributed by atoms with Gasteiger partial charge in [-0.05, 0) is 39.7 Å². The van der Waals surface area contributed by atoms with Gasteiger partial charge in [0.1, 0.15) is 11.3 Å². The Labute approximate surface area is 155 Å². The van der Waals surface area contributed by atoms with Crippen LogP contribution in [0.2, 0.25) is 5.28 Å². The lowest BCUT2D eigenvalue weighted by Crippen LogP contribution is -2.55. The third kappa shape index (κ3) is 3.32. The summed E-state index contributed by atoms with van der Waals surface area (Å²) in [5.41, 5.74) is 0.0851. The van der Waals surface area contributed by atoms with Crippen molar-refractivity contribution in [3.63, 3.8) is 0 Å². The molecule has 3 rings (SSSR count). The van der Waals surface area contributed by atoms with E-state index in [1.807, 2.05) is 11.0 Å². The number of piperazine rings is 1. The highest BCUT2D eigenvalue weighted by atomic mass is 79.9. The molecule has 0 saturated carbocycles. The second kappa shape index (κ2) is 6.98. The molecule has 0 aliphatic carbocycles. The molecule has 0 radical (unpaired) electrons. The summed E-state index contributed by atoms with van der Waals surface area (Å²) in [5.74, 6) is -0.116. The van der Waals surface area contributed by atoms with E-state index in [1.54, 1.807) is 12.1 Å². The summed E-state index contributed by atoms with van der Waals surface area (Å²) in [4.78, 5) is 22.5. The molecule has 2 heterocycles. The normalized spacial score (nSPS) is 17.6. The molecular formula is C15H12BrClFN5O2. The Hall–Kier alpha value is -2.18. The molecule has 1 fully saturated rings. The van der Waals surface area contributed by atoms with Crippen LogP contribution < -0.4 is 4.90 Å². The molecule has 25 heavy (non-hydrogen) atoms. The van der Waals surface area contributed by atoms with Crippen LogP contribution in [0.3, 0.4) is 0 Å². The number of nitriles is 1. The maximum atomic E-state index is 14.3. The first-order valence-corrected chi connectivity index (χ1v) is 8.52. The predicted octanol–water partition coefficient (Wildman–Crippen LogP) is 3.27. The molecule has 7 nitrogen and oxygen atoms in total. The minimum absolute atomic E-state index is 0.0550. The van der Waals surface area contributed by atoms with E-state index in [-0.39, 0.29) is 34.8 Å². The van der Waals surface area contributed by atoms with Crippen LogP contribution in [0.1, 0.15) is 6.42 Å². The zero-order chi connectivity index (χ0) is 18.1. The zero-order valence-corrected chi connectivity index (χ0v) is 15.1. The van der Waals surface area contributed by atoms with Gasteiger partial charge < -0.3 is 14.9 Å². The van der Waals surface area contributed by atoms with Crippen molar-refractivity contribution < 1.29 is 14.3 Å². The molecule has 1 N–H and O–H groups in total. The third-order valence-corrected chi connectivity index (χ3v) is 4.85. The van der Waals surface area contributed by atoms with Crippen molar-refractivity contribution in [2.24, 2.45) is 0 Å². The third-order valence-electron chi connectivity index (χ3n) is 4.07. The first-order valence-electron chi connectivity index (χ1n) is 7.35. The molecule has 10 heteroatoms. The van der Waals surface area contributed by atoms with Crippen LogP contribution in [0, 0.1) is 17.1 Å². The van der Waals surface area contributed by atoms with Gasteiger partial charge >= 0.3 is 6.09 Å². The van der Waals surface area contributed by atoms with E-state index in [4.69, 9.17) is 16.9 Å². The standard InChI is InChI=1S/C15H12BrClFN5O2/c16-10-2-1-9-12(11(10)18)20-14(17)21-13(9)22-5-6-23(15(24)25)8(7-22)3-4-19/h1-2,8H,3,5-7H2,(H,24,25)/t8-/m0/s1. The van der Waals surface area contributed by atoms with Gasteiger partial charge in [0.15, 0.2) is 5.82 Å². The Kier molecular flexibility index (Phi) is 4.92. The number of carbonyl (C=O) groups is 1. The summed E-state index contributed by atoms with van der Waals surface area (Å²) in [6.45, 7) is 0.831. The number of nitrogens with zero attached hydrogens (tertiary/aromatic N) is 5. The average molecular weight is 429 g/mol. The van der Waals surface area contributed by atoms with Gasteiger partial charge in [0, 0.05) is 25.0 Å². The van der Waals surface area contributed by atoms with Gasteiger partial charge in [-0.3, -0.25) is 0 Å². The highest BCUT2D eigenvalue weighted by Gasteiger charge is 2.32. The number of benzene rings is 1. The summed E-state index contributed by atoms with van der Waals surface area (Å²) in [6, 6.07) is 4.73. The summed E-state index contributed by atoms with van der Waals surface area (Å²) < 4.78 is 14.6. The fourth-order valence-corrected chi connectivity index (χ4v) is 3.40. The van der Waals surface area contributed by atoms with Gasteiger partial charge in [-0.15, -0.1) is 0 Å². The maximum Gasteiger partial charge on any atom is 0.407 e. The number of hydrogen-bond donors (Lipinski definition) is 1. The molecule has 1 aliphatic heterocycles. The second-order valence-corrected chi connectivity index (χ2v) is 6.70. The number of rotatable bonds is 2. The lowest BCUT2D eigenvalue weighted by atomic mass is 10.1. The Morgan fingerprint density at radius 1 is 1.48 bits per heavy atom. The summed E-state index contributed by atoms with van der Waals surface area (Å²) in [6.07, 6.45) is -1.01. The van der Waals surface area contributed by atoms with E-state index in [2.05, 4.69) is 25.9 Å². The van der Waals surface area contributed by atoms with E-state index in [9.17, 15) is 14.3 Å². The van der Waals surface area contributed by atoms with Crippen molar-refractivity contribution in [3.8, 4) is 6.07 Å². The monoisotopic (exact) mass is 427 g/mol. The van der Waals surface area contributed by atoms with Crippen LogP contribution in [-0.2, 0) is 0 Å². The molecule has 1 amide bonds. The van der Waals surface area contributed by atoms with Crippen LogP contribution >= 0.6 is 27.5 Å². The fourth-order valence-electron chi connectivity index (χ4n) is 2.92. The predicted molar refractivity (Wildman–Crippen MR) is 93.2 cm³/mol. The van der Waals surface area contributed by atoms with E-state index < -0.39 is 18.0 Å². The van der Waals surface area contributed by atoms with Gasteiger partial charge in [-0.2, -0.15) is 10.2 Å². The van der Waals surface area contributed by atoms with Gasteiger partial charge in [0.05, 0.1) is 23.0 Å². The van der Waals surface area contributed by atoms with Crippen LogP contribution in [-0.4, -0.2) is 51.7 Å². The molecule has 1 aromatic carbocycles. The summed E-state index contributed by atoms with van der Waals surface area (Å²) >= 11 is 9.07. The van der Waals surface area contributed by atoms with Crippen molar-refractivity contribution >= 4 is 50.3 Å². The van der Waals surface area contributed by atoms with E-state index in [0.717, 1.165) is 0 Å². The first-order chi connectivity index (χ1) is 11.9. The molecule has 130 valence electrons. The molecule has 2 aromatic rings. The smallest absolute Gasteiger partial charge is 0.407 e. The minimum Gasteiger partial charge on any atom is -0.465 e. The number of amides is 1. The highest BCUT2D eigenvalue weighted by molar-refractivity contribution is 9.10. The largest absolute Gasteiger partial charge is 0.465 e. The lowest BCUT2D eigenvalue weighted by molar-refractivity contribution is 0.119. The summed E-state index contributed by atoms with van der Waals surface area (Å²) in [7, 11) is 0. The van der Waals surface area contributed by atoms with Crippen molar-refractivity contribution in [2.75, 3.05) is 24.5 Å².